The number of aryl methyl sites for hydroxylation is 2. The maximum Gasteiger partial charge on any atom is 0.141 e. The highest BCUT2D eigenvalue weighted by Gasteiger charge is 2.13. The smallest absolute Gasteiger partial charge is 0.141 e. The molecule has 19 heavy (non-hydrogen) atoms. The van der Waals surface area contributed by atoms with Crippen molar-refractivity contribution >= 4 is 32.7 Å². The van der Waals surface area contributed by atoms with Crippen LogP contribution < -0.4 is 0 Å². The molecule has 0 fully saturated rings. The van der Waals surface area contributed by atoms with Gasteiger partial charge >= 0.3 is 0 Å². The van der Waals surface area contributed by atoms with E-state index in [1.54, 1.807) is 0 Å². The summed E-state index contributed by atoms with van der Waals surface area (Å²) >= 11 is 0. The highest BCUT2D eigenvalue weighted by Crippen LogP contribution is 2.33. The standard InChI is InChI=1S/C17H14N2/c1-11-12-7-3-4-8-13(12)16-14-9-5-6-10-15(14)19(2)17(16)18-11/h3-10H,1-2H3. The number of nitrogens with zero attached hydrogens (tertiary/aromatic N) is 2. The first kappa shape index (κ1) is 10.6. The largest absolute Gasteiger partial charge is 0.328 e. The number of fused-ring (bicyclic) bond motifs is 5. The summed E-state index contributed by atoms with van der Waals surface area (Å²) < 4.78 is 2.18. The lowest BCUT2D eigenvalue weighted by molar-refractivity contribution is 0.985. The van der Waals surface area contributed by atoms with Crippen LogP contribution in [0.25, 0.3) is 32.7 Å². The van der Waals surface area contributed by atoms with E-state index in [4.69, 9.17) is 4.98 Å². The van der Waals surface area contributed by atoms with Gasteiger partial charge in [-0.15, -0.1) is 0 Å². The molecule has 2 nitrogen and oxygen atoms in total. The molecule has 0 atom stereocenters. The summed E-state index contributed by atoms with van der Waals surface area (Å²) in [6.07, 6.45) is 0. The van der Waals surface area contributed by atoms with Gasteiger partial charge in [0.15, 0.2) is 0 Å². The first-order valence-corrected chi connectivity index (χ1v) is 6.50. The number of aromatic nitrogens is 2. The molecule has 0 bridgehead atoms. The van der Waals surface area contributed by atoms with Crippen molar-refractivity contribution in [2.24, 2.45) is 7.05 Å². The number of hydrogen-bond donors (Lipinski definition) is 0. The molecule has 0 saturated carbocycles. The predicted molar refractivity (Wildman–Crippen MR) is 80.5 cm³/mol. The third-order valence-electron chi connectivity index (χ3n) is 3.94. The van der Waals surface area contributed by atoms with E-state index in [-0.39, 0.29) is 0 Å². The first-order chi connectivity index (χ1) is 9.27. The molecule has 2 heterocycles. The predicted octanol–water partition coefficient (Wildman–Crippen LogP) is 4.19. The molecule has 4 aromatic rings. The van der Waals surface area contributed by atoms with Crippen LogP contribution in [-0.4, -0.2) is 9.55 Å². The molecule has 4 rings (SSSR count). The Morgan fingerprint density at radius 2 is 1.47 bits per heavy atom. The van der Waals surface area contributed by atoms with Gasteiger partial charge in [-0.3, -0.25) is 0 Å². The molecule has 2 heteroatoms. The van der Waals surface area contributed by atoms with Gasteiger partial charge in [0.1, 0.15) is 5.65 Å². The molecular formula is C17H14N2. The average Bonchev–Trinajstić information content (AvgIpc) is 2.73. The van der Waals surface area contributed by atoms with Crippen LogP contribution in [-0.2, 0) is 7.05 Å². The maximum atomic E-state index is 4.80. The lowest BCUT2D eigenvalue weighted by Gasteiger charge is -2.04. The summed E-state index contributed by atoms with van der Waals surface area (Å²) in [5, 5.41) is 5.08. The van der Waals surface area contributed by atoms with E-state index in [1.165, 1.54) is 27.1 Å². The summed E-state index contributed by atoms with van der Waals surface area (Å²) in [5.41, 5.74) is 3.40. The molecular weight excluding hydrogens is 232 g/mol. The van der Waals surface area contributed by atoms with Crippen molar-refractivity contribution in [3.63, 3.8) is 0 Å². The second-order valence-corrected chi connectivity index (χ2v) is 5.02. The lowest BCUT2D eigenvalue weighted by Crippen LogP contribution is -1.92. The third kappa shape index (κ3) is 1.28. The highest BCUT2D eigenvalue weighted by atomic mass is 15.0. The summed E-state index contributed by atoms with van der Waals surface area (Å²) in [6, 6.07) is 17.0. The molecule has 2 aromatic carbocycles. The van der Waals surface area contributed by atoms with Crippen molar-refractivity contribution in [3.8, 4) is 0 Å². The van der Waals surface area contributed by atoms with E-state index in [9.17, 15) is 0 Å². The molecule has 0 aliphatic carbocycles. The number of benzene rings is 2. The molecule has 0 spiro atoms. The van der Waals surface area contributed by atoms with Crippen LogP contribution in [0.3, 0.4) is 0 Å². The van der Waals surface area contributed by atoms with E-state index < -0.39 is 0 Å². The Morgan fingerprint density at radius 1 is 0.842 bits per heavy atom. The first-order valence-electron chi connectivity index (χ1n) is 6.50. The van der Waals surface area contributed by atoms with E-state index in [0.717, 1.165) is 11.3 Å². The van der Waals surface area contributed by atoms with Gasteiger partial charge in [-0.1, -0.05) is 42.5 Å². The van der Waals surface area contributed by atoms with Crippen LogP contribution in [0, 0.1) is 6.92 Å². The fraction of sp³-hybridized carbons (Fsp3) is 0.118. The van der Waals surface area contributed by atoms with Crippen LogP contribution in [0.5, 0.6) is 0 Å². The fourth-order valence-electron chi connectivity index (χ4n) is 3.01. The van der Waals surface area contributed by atoms with Crippen molar-refractivity contribution in [3.05, 3.63) is 54.2 Å². The van der Waals surface area contributed by atoms with Crippen LogP contribution in [0.15, 0.2) is 48.5 Å². The fourth-order valence-corrected chi connectivity index (χ4v) is 3.01. The SMILES string of the molecule is Cc1nc2c(c3ccccc13)c1ccccc1n2C. The maximum absolute atomic E-state index is 4.80. The summed E-state index contributed by atoms with van der Waals surface area (Å²) in [7, 11) is 2.09. The summed E-state index contributed by atoms with van der Waals surface area (Å²) in [5.74, 6) is 0. The van der Waals surface area contributed by atoms with Crippen molar-refractivity contribution in [2.45, 2.75) is 6.92 Å². The number of hydrogen-bond acceptors (Lipinski definition) is 1. The van der Waals surface area contributed by atoms with Gasteiger partial charge in [0, 0.05) is 28.9 Å². The van der Waals surface area contributed by atoms with Crippen molar-refractivity contribution < 1.29 is 0 Å². The Morgan fingerprint density at radius 3 is 2.26 bits per heavy atom. The van der Waals surface area contributed by atoms with Gasteiger partial charge < -0.3 is 4.57 Å². The van der Waals surface area contributed by atoms with E-state index in [1.807, 2.05) is 0 Å². The van der Waals surface area contributed by atoms with Crippen LogP contribution in [0.1, 0.15) is 5.69 Å². The summed E-state index contributed by atoms with van der Waals surface area (Å²) in [6.45, 7) is 2.08. The minimum absolute atomic E-state index is 1.07. The second kappa shape index (κ2) is 3.58. The van der Waals surface area contributed by atoms with Crippen molar-refractivity contribution in [1.82, 2.24) is 9.55 Å². The van der Waals surface area contributed by atoms with Gasteiger partial charge in [0.2, 0.25) is 0 Å². The van der Waals surface area contributed by atoms with Crippen molar-refractivity contribution in [1.29, 1.82) is 0 Å². The zero-order valence-electron chi connectivity index (χ0n) is 11.0. The topological polar surface area (TPSA) is 17.8 Å². The number of pyridine rings is 1. The Balaban J connectivity index is 2.43. The quantitative estimate of drug-likeness (QED) is 0.455. The van der Waals surface area contributed by atoms with Gasteiger partial charge in [-0.25, -0.2) is 4.98 Å². The summed E-state index contributed by atoms with van der Waals surface area (Å²) in [4.78, 5) is 4.80. The molecule has 92 valence electrons. The van der Waals surface area contributed by atoms with Crippen molar-refractivity contribution in [2.75, 3.05) is 0 Å². The van der Waals surface area contributed by atoms with Crippen LogP contribution in [0.4, 0.5) is 0 Å². The molecule has 0 aliphatic heterocycles. The molecule has 0 radical (unpaired) electrons. The minimum atomic E-state index is 1.07. The Hall–Kier alpha value is -2.35. The highest BCUT2D eigenvalue weighted by molar-refractivity contribution is 6.19. The number of para-hydroxylation sites is 1. The zero-order valence-corrected chi connectivity index (χ0v) is 11.0. The molecule has 0 saturated heterocycles. The number of rotatable bonds is 0. The van der Waals surface area contributed by atoms with Gasteiger partial charge in [0.25, 0.3) is 0 Å². The van der Waals surface area contributed by atoms with Gasteiger partial charge in [-0.2, -0.15) is 0 Å². The van der Waals surface area contributed by atoms with E-state index in [0.29, 0.717) is 0 Å². The van der Waals surface area contributed by atoms with E-state index >= 15 is 0 Å². The lowest BCUT2D eigenvalue weighted by atomic mass is 10.0. The second-order valence-electron chi connectivity index (χ2n) is 5.02. The molecule has 0 aliphatic rings. The van der Waals surface area contributed by atoms with E-state index in [2.05, 4.69) is 67.1 Å². The molecule has 2 aromatic heterocycles. The minimum Gasteiger partial charge on any atom is -0.328 e. The molecule has 0 unspecified atom stereocenters. The normalized spacial score (nSPS) is 11.7. The average molecular weight is 246 g/mol. The van der Waals surface area contributed by atoms with Crippen LogP contribution >= 0.6 is 0 Å². The Kier molecular flexibility index (Phi) is 1.99. The van der Waals surface area contributed by atoms with Gasteiger partial charge in [0.05, 0.1) is 5.52 Å². The molecule has 0 N–H and O–H groups in total. The zero-order chi connectivity index (χ0) is 13.0. The third-order valence-corrected chi connectivity index (χ3v) is 3.94. The molecule has 0 amide bonds. The monoisotopic (exact) mass is 246 g/mol. The van der Waals surface area contributed by atoms with Crippen LogP contribution in [0.2, 0.25) is 0 Å². The van der Waals surface area contributed by atoms with Gasteiger partial charge in [-0.05, 0) is 18.4 Å². The Labute approximate surface area is 111 Å². The Bertz CT molecular complexity index is 926.